The summed E-state index contributed by atoms with van der Waals surface area (Å²) in [5, 5.41) is 5.60. The summed E-state index contributed by atoms with van der Waals surface area (Å²) in [6.45, 7) is 3.26. The van der Waals surface area contributed by atoms with Crippen LogP contribution in [0.25, 0.3) is 22.0 Å². The van der Waals surface area contributed by atoms with Crippen LogP contribution < -0.4 is 5.32 Å². The fourth-order valence-corrected chi connectivity index (χ4v) is 4.14. The van der Waals surface area contributed by atoms with E-state index in [4.69, 9.17) is 34.8 Å². The van der Waals surface area contributed by atoms with Gasteiger partial charge in [-0.2, -0.15) is 0 Å². The van der Waals surface area contributed by atoms with Gasteiger partial charge in [0.25, 0.3) is 5.91 Å². The van der Waals surface area contributed by atoms with Gasteiger partial charge in [-0.15, -0.1) is 0 Å². The SMILES string of the molecule is Cc1c2n(c3c(-c4ccc(Cl)cc4Cl)cc(Cl)cc13)CCNC2=O. The highest BCUT2D eigenvalue weighted by Gasteiger charge is 2.26. The Morgan fingerprint density at radius 3 is 2.58 bits per heavy atom. The van der Waals surface area contributed by atoms with Gasteiger partial charge in [0.2, 0.25) is 0 Å². The zero-order valence-electron chi connectivity index (χ0n) is 12.8. The van der Waals surface area contributed by atoms with Gasteiger partial charge in [-0.1, -0.05) is 40.9 Å². The van der Waals surface area contributed by atoms with Gasteiger partial charge in [0.15, 0.2) is 0 Å². The zero-order chi connectivity index (χ0) is 17.0. The van der Waals surface area contributed by atoms with Gasteiger partial charge in [0.05, 0.1) is 5.52 Å². The second-order valence-electron chi connectivity index (χ2n) is 5.85. The molecule has 0 fully saturated rings. The summed E-state index contributed by atoms with van der Waals surface area (Å²) in [4.78, 5) is 12.3. The summed E-state index contributed by atoms with van der Waals surface area (Å²) in [5.74, 6) is -0.0563. The van der Waals surface area contributed by atoms with Gasteiger partial charge < -0.3 is 9.88 Å². The number of hydrogen-bond acceptors (Lipinski definition) is 1. The van der Waals surface area contributed by atoms with Crippen LogP contribution in [0, 0.1) is 6.92 Å². The molecule has 1 aliphatic heterocycles. The van der Waals surface area contributed by atoms with E-state index in [1.54, 1.807) is 12.1 Å². The number of carbonyl (C=O) groups excluding carboxylic acids is 1. The number of nitrogens with one attached hydrogen (secondary N) is 1. The smallest absolute Gasteiger partial charge is 0.268 e. The van der Waals surface area contributed by atoms with Crippen molar-refractivity contribution in [2.45, 2.75) is 13.5 Å². The Kier molecular flexibility index (Phi) is 3.75. The van der Waals surface area contributed by atoms with Gasteiger partial charge in [-0.05, 0) is 36.8 Å². The van der Waals surface area contributed by atoms with E-state index >= 15 is 0 Å². The fraction of sp³-hybridized carbons (Fsp3) is 0.167. The number of amides is 1. The molecule has 0 atom stereocenters. The number of aryl methyl sites for hydroxylation is 1. The Hall–Kier alpha value is -1.68. The molecule has 1 aromatic heterocycles. The third kappa shape index (κ3) is 2.31. The maximum atomic E-state index is 12.3. The third-order valence-electron chi connectivity index (χ3n) is 4.43. The van der Waals surface area contributed by atoms with Crippen LogP contribution in [-0.4, -0.2) is 17.0 Å². The highest BCUT2D eigenvalue weighted by atomic mass is 35.5. The van der Waals surface area contributed by atoms with Crippen molar-refractivity contribution in [2.24, 2.45) is 0 Å². The number of halogens is 3. The molecule has 3 aromatic rings. The second kappa shape index (κ2) is 5.69. The third-order valence-corrected chi connectivity index (χ3v) is 5.20. The molecule has 2 aromatic carbocycles. The standard InChI is InChI=1S/C18H13Cl3N2O/c1-9-13-6-11(20)7-14(12-3-2-10(19)8-15(12)21)17(13)23-5-4-22-18(24)16(9)23/h2-3,6-8H,4-5H2,1H3,(H,22,24). The first-order chi connectivity index (χ1) is 11.5. The highest BCUT2D eigenvalue weighted by molar-refractivity contribution is 6.37. The Morgan fingerprint density at radius 2 is 1.83 bits per heavy atom. The van der Waals surface area contributed by atoms with Crippen LogP contribution in [0.4, 0.5) is 0 Å². The van der Waals surface area contributed by atoms with Crippen molar-refractivity contribution < 1.29 is 4.79 Å². The monoisotopic (exact) mass is 378 g/mol. The van der Waals surface area contributed by atoms with E-state index in [0.29, 0.717) is 33.9 Å². The normalized spacial score (nSPS) is 13.9. The first-order valence-electron chi connectivity index (χ1n) is 7.53. The molecule has 0 bridgehead atoms. The Balaban J connectivity index is 2.13. The molecule has 4 rings (SSSR count). The van der Waals surface area contributed by atoms with Gasteiger partial charge in [-0.3, -0.25) is 4.79 Å². The van der Waals surface area contributed by atoms with Gasteiger partial charge in [-0.25, -0.2) is 0 Å². The van der Waals surface area contributed by atoms with Crippen molar-refractivity contribution in [1.82, 2.24) is 9.88 Å². The summed E-state index contributed by atoms with van der Waals surface area (Å²) in [6, 6.07) is 9.18. The number of carbonyl (C=O) groups is 1. The number of aromatic nitrogens is 1. The summed E-state index contributed by atoms with van der Waals surface area (Å²) in [5.41, 5.74) is 4.34. The topological polar surface area (TPSA) is 34.0 Å². The van der Waals surface area contributed by atoms with Crippen LogP contribution in [0.3, 0.4) is 0 Å². The number of benzene rings is 2. The highest BCUT2D eigenvalue weighted by Crippen LogP contribution is 2.40. The second-order valence-corrected chi connectivity index (χ2v) is 7.13. The number of rotatable bonds is 1. The Labute approximate surface area is 154 Å². The number of nitrogens with zero attached hydrogens (tertiary/aromatic N) is 1. The van der Waals surface area contributed by atoms with Crippen LogP contribution in [0.2, 0.25) is 15.1 Å². The van der Waals surface area contributed by atoms with E-state index in [0.717, 1.165) is 27.6 Å². The van der Waals surface area contributed by atoms with Gasteiger partial charge in [0.1, 0.15) is 5.69 Å². The maximum Gasteiger partial charge on any atom is 0.268 e. The lowest BCUT2D eigenvalue weighted by Crippen LogP contribution is -2.35. The molecule has 0 spiro atoms. The van der Waals surface area contributed by atoms with Crippen LogP contribution >= 0.6 is 34.8 Å². The molecule has 0 unspecified atom stereocenters. The lowest BCUT2D eigenvalue weighted by Gasteiger charge is -2.19. The molecule has 1 amide bonds. The summed E-state index contributed by atoms with van der Waals surface area (Å²) in [7, 11) is 0. The molecule has 3 nitrogen and oxygen atoms in total. The van der Waals surface area contributed by atoms with Crippen molar-refractivity contribution in [1.29, 1.82) is 0 Å². The van der Waals surface area contributed by atoms with E-state index in [2.05, 4.69) is 9.88 Å². The first-order valence-corrected chi connectivity index (χ1v) is 8.66. The maximum absolute atomic E-state index is 12.3. The van der Waals surface area contributed by atoms with Crippen LogP contribution in [0.15, 0.2) is 30.3 Å². The van der Waals surface area contributed by atoms with Gasteiger partial charge in [0, 0.05) is 44.7 Å². The van der Waals surface area contributed by atoms with Crippen LogP contribution in [0.1, 0.15) is 16.1 Å². The minimum Gasteiger partial charge on any atom is -0.349 e. The van der Waals surface area contributed by atoms with E-state index in [9.17, 15) is 4.79 Å². The molecule has 0 saturated carbocycles. The summed E-state index contributed by atoms with van der Waals surface area (Å²) < 4.78 is 2.06. The molecule has 1 aliphatic rings. The first kappa shape index (κ1) is 15.8. The molecule has 24 heavy (non-hydrogen) atoms. The minimum absolute atomic E-state index is 0.0563. The number of fused-ring (bicyclic) bond motifs is 3. The summed E-state index contributed by atoms with van der Waals surface area (Å²) >= 11 is 18.8. The zero-order valence-corrected chi connectivity index (χ0v) is 15.1. The predicted octanol–water partition coefficient (Wildman–Crippen LogP) is 5.32. The Morgan fingerprint density at radius 1 is 1.04 bits per heavy atom. The quantitative estimate of drug-likeness (QED) is 0.610. The molecular formula is C18H13Cl3N2O. The van der Waals surface area contributed by atoms with Crippen molar-refractivity contribution in [3.8, 4) is 11.1 Å². The van der Waals surface area contributed by atoms with Crippen molar-refractivity contribution in [3.05, 3.63) is 56.7 Å². The molecule has 122 valence electrons. The average Bonchev–Trinajstić information content (AvgIpc) is 2.81. The Bertz CT molecular complexity index is 1010. The van der Waals surface area contributed by atoms with E-state index in [-0.39, 0.29) is 5.91 Å². The minimum atomic E-state index is -0.0563. The van der Waals surface area contributed by atoms with Crippen molar-refractivity contribution >= 4 is 51.6 Å². The van der Waals surface area contributed by atoms with E-state index in [1.807, 2.05) is 25.1 Å². The fourth-order valence-electron chi connectivity index (χ4n) is 3.41. The molecule has 1 N–H and O–H groups in total. The lowest BCUT2D eigenvalue weighted by atomic mass is 10.0. The molecule has 6 heteroatoms. The molecule has 0 radical (unpaired) electrons. The average molecular weight is 380 g/mol. The van der Waals surface area contributed by atoms with Crippen LogP contribution in [0.5, 0.6) is 0 Å². The van der Waals surface area contributed by atoms with Crippen molar-refractivity contribution in [2.75, 3.05) is 6.54 Å². The van der Waals surface area contributed by atoms with E-state index < -0.39 is 0 Å². The molecule has 2 heterocycles. The van der Waals surface area contributed by atoms with Crippen LogP contribution in [-0.2, 0) is 6.54 Å². The van der Waals surface area contributed by atoms with E-state index in [1.165, 1.54) is 0 Å². The van der Waals surface area contributed by atoms with Gasteiger partial charge >= 0.3 is 0 Å². The van der Waals surface area contributed by atoms with Crippen molar-refractivity contribution in [3.63, 3.8) is 0 Å². The predicted molar refractivity (Wildman–Crippen MR) is 99.5 cm³/mol. The molecule has 0 aliphatic carbocycles. The summed E-state index contributed by atoms with van der Waals surface area (Å²) in [6.07, 6.45) is 0. The largest absolute Gasteiger partial charge is 0.349 e. The lowest BCUT2D eigenvalue weighted by molar-refractivity contribution is 0.0928. The molecule has 0 saturated heterocycles. The molecular weight excluding hydrogens is 367 g/mol. The number of hydrogen-bond donors (Lipinski definition) is 1.